The number of hydrazine groups is 1. The molecule has 0 aliphatic rings. The summed E-state index contributed by atoms with van der Waals surface area (Å²) in [4.78, 5) is 26.3. The number of nitrogen functional groups attached to an aromatic ring is 1. The first-order valence-electron chi connectivity index (χ1n) is 8.21. The minimum atomic E-state index is -0.350. The highest BCUT2D eigenvalue weighted by molar-refractivity contribution is 6.06. The SMILES string of the molecule is NNC(=O)c1ccc(CN(C(=O)c2ccccc2)c2ccccc2)cc1. The van der Waals surface area contributed by atoms with Gasteiger partial charge in [0.15, 0.2) is 0 Å². The van der Waals surface area contributed by atoms with Crippen molar-refractivity contribution in [3.05, 3.63) is 102 Å². The second-order valence-electron chi connectivity index (χ2n) is 5.76. The van der Waals surface area contributed by atoms with E-state index in [4.69, 9.17) is 5.84 Å². The summed E-state index contributed by atoms with van der Waals surface area (Å²) in [6.07, 6.45) is 0. The molecule has 3 aromatic carbocycles. The van der Waals surface area contributed by atoms with Crippen molar-refractivity contribution in [2.45, 2.75) is 6.54 Å². The van der Waals surface area contributed by atoms with Gasteiger partial charge in [-0.3, -0.25) is 15.0 Å². The Morgan fingerprint density at radius 1 is 0.769 bits per heavy atom. The lowest BCUT2D eigenvalue weighted by atomic mass is 10.1. The molecular formula is C21H19N3O2. The third-order valence-electron chi connectivity index (χ3n) is 4.02. The Bertz CT molecular complexity index is 878. The molecule has 3 aromatic rings. The summed E-state index contributed by atoms with van der Waals surface area (Å²) in [5, 5.41) is 0. The number of nitrogens with two attached hydrogens (primary N) is 1. The Morgan fingerprint density at radius 2 is 1.35 bits per heavy atom. The van der Waals surface area contributed by atoms with E-state index in [0.717, 1.165) is 11.3 Å². The highest BCUT2D eigenvalue weighted by Crippen LogP contribution is 2.20. The van der Waals surface area contributed by atoms with Gasteiger partial charge in [-0.1, -0.05) is 48.5 Å². The summed E-state index contributed by atoms with van der Waals surface area (Å²) in [5.74, 6) is 4.72. The average Bonchev–Trinajstić information content (AvgIpc) is 2.72. The molecule has 2 amide bonds. The number of anilines is 1. The largest absolute Gasteiger partial charge is 0.304 e. The number of nitrogens with one attached hydrogen (secondary N) is 1. The van der Waals surface area contributed by atoms with E-state index in [1.165, 1.54) is 0 Å². The number of benzene rings is 3. The highest BCUT2D eigenvalue weighted by atomic mass is 16.2. The van der Waals surface area contributed by atoms with Crippen molar-refractivity contribution in [3.63, 3.8) is 0 Å². The molecule has 0 spiro atoms. The van der Waals surface area contributed by atoms with Crippen LogP contribution in [0.2, 0.25) is 0 Å². The molecule has 5 heteroatoms. The van der Waals surface area contributed by atoms with Gasteiger partial charge in [0.25, 0.3) is 11.8 Å². The lowest BCUT2D eigenvalue weighted by Gasteiger charge is -2.23. The molecule has 0 bridgehead atoms. The normalized spacial score (nSPS) is 10.2. The molecular weight excluding hydrogens is 326 g/mol. The molecule has 0 fully saturated rings. The summed E-state index contributed by atoms with van der Waals surface area (Å²) >= 11 is 0. The van der Waals surface area contributed by atoms with E-state index in [0.29, 0.717) is 17.7 Å². The molecule has 130 valence electrons. The summed E-state index contributed by atoms with van der Waals surface area (Å²) in [5.41, 5.74) is 4.91. The van der Waals surface area contributed by atoms with Crippen molar-refractivity contribution in [1.29, 1.82) is 0 Å². The maximum atomic E-state index is 13.0. The van der Waals surface area contributed by atoms with Crippen LogP contribution in [0.15, 0.2) is 84.9 Å². The zero-order valence-corrected chi connectivity index (χ0v) is 14.1. The van der Waals surface area contributed by atoms with Crippen LogP contribution in [0.25, 0.3) is 0 Å². The van der Waals surface area contributed by atoms with E-state index in [1.807, 2.05) is 60.7 Å². The third-order valence-corrected chi connectivity index (χ3v) is 4.02. The van der Waals surface area contributed by atoms with E-state index in [2.05, 4.69) is 5.43 Å². The van der Waals surface area contributed by atoms with Crippen LogP contribution in [0, 0.1) is 0 Å². The van der Waals surface area contributed by atoms with Crippen molar-refractivity contribution in [1.82, 2.24) is 5.43 Å². The molecule has 26 heavy (non-hydrogen) atoms. The fraction of sp³-hybridized carbons (Fsp3) is 0.0476. The van der Waals surface area contributed by atoms with Crippen molar-refractivity contribution < 1.29 is 9.59 Å². The van der Waals surface area contributed by atoms with Crippen molar-refractivity contribution >= 4 is 17.5 Å². The van der Waals surface area contributed by atoms with Crippen LogP contribution in [0.5, 0.6) is 0 Å². The first kappa shape index (κ1) is 17.4. The lowest BCUT2D eigenvalue weighted by Crippen LogP contribution is -2.31. The average molecular weight is 345 g/mol. The van der Waals surface area contributed by atoms with Gasteiger partial charge in [0, 0.05) is 16.8 Å². The number of carbonyl (C=O) groups excluding carboxylic acids is 2. The van der Waals surface area contributed by atoms with Gasteiger partial charge in [-0.2, -0.15) is 0 Å². The Morgan fingerprint density at radius 3 is 1.92 bits per heavy atom. The zero-order valence-electron chi connectivity index (χ0n) is 14.1. The van der Waals surface area contributed by atoms with E-state index >= 15 is 0 Å². The smallest absolute Gasteiger partial charge is 0.265 e. The second-order valence-corrected chi connectivity index (χ2v) is 5.76. The Labute approximate surface area is 152 Å². The number of amides is 2. The fourth-order valence-electron chi connectivity index (χ4n) is 2.65. The highest BCUT2D eigenvalue weighted by Gasteiger charge is 2.18. The first-order valence-corrected chi connectivity index (χ1v) is 8.21. The summed E-state index contributed by atoms with van der Waals surface area (Å²) in [6.45, 7) is 0.391. The Hall–Kier alpha value is -3.44. The number of rotatable bonds is 5. The molecule has 0 heterocycles. The predicted octanol–water partition coefficient (Wildman–Crippen LogP) is 3.14. The van der Waals surface area contributed by atoms with Crippen molar-refractivity contribution in [3.8, 4) is 0 Å². The van der Waals surface area contributed by atoms with Crippen molar-refractivity contribution in [2.24, 2.45) is 5.84 Å². The minimum absolute atomic E-state index is 0.0828. The summed E-state index contributed by atoms with van der Waals surface area (Å²) < 4.78 is 0. The monoisotopic (exact) mass is 345 g/mol. The molecule has 0 aliphatic heterocycles. The minimum Gasteiger partial charge on any atom is -0.304 e. The molecule has 0 atom stereocenters. The summed E-state index contributed by atoms with van der Waals surface area (Å²) in [6, 6.07) is 25.7. The van der Waals surface area contributed by atoms with Gasteiger partial charge in [0.05, 0.1) is 6.54 Å². The standard InChI is InChI=1S/C21H19N3O2/c22-23-20(25)17-13-11-16(12-14-17)15-24(19-9-5-2-6-10-19)21(26)18-7-3-1-4-8-18/h1-14H,15,22H2,(H,23,25). The van der Waals surface area contributed by atoms with Crippen LogP contribution in [-0.4, -0.2) is 11.8 Å². The third kappa shape index (κ3) is 3.96. The number of hydrogen-bond donors (Lipinski definition) is 2. The van der Waals surface area contributed by atoms with Crippen LogP contribution >= 0.6 is 0 Å². The summed E-state index contributed by atoms with van der Waals surface area (Å²) in [7, 11) is 0. The number of hydrogen-bond acceptors (Lipinski definition) is 3. The maximum absolute atomic E-state index is 13.0. The second kappa shape index (κ2) is 8.09. The van der Waals surface area contributed by atoms with Gasteiger partial charge in [-0.25, -0.2) is 5.84 Å². The number of carbonyl (C=O) groups is 2. The molecule has 0 radical (unpaired) electrons. The van der Waals surface area contributed by atoms with E-state index < -0.39 is 0 Å². The first-order chi connectivity index (χ1) is 12.7. The Kier molecular flexibility index (Phi) is 5.41. The quantitative estimate of drug-likeness (QED) is 0.424. The molecule has 0 unspecified atom stereocenters. The van der Waals surface area contributed by atoms with E-state index in [9.17, 15) is 9.59 Å². The molecule has 0 aromatic heterocycles. The maximum Gasteiger partial charge on any atom is 0.265 e. The van der Waals surface area contributed by atoms with E-state index in [-0.39, 0.29) is 11.8 Å². The lowest BCUT2D eigenvalue weighted by molar-refractivity contribution is 0.0951. The molecule has 0 saturated carbocycles. The fourth-order valence-corrected chi connectivity index (χ4v) is 2.65. The molecule has 3 rings (SSSR count). The topological polar surface area (TPSA) is 75.4 Å². The van der Waals surface area contributed by atoms with E-state index in [1.54, 1.807) is 29.2 Å². The van der Waals surface area contributed by atoms with Crippen LogP contribution in [-0.2, 0) is 6.54 Å². The Balaban J connectivity index is 1.89. The van der Waals surface area contributed by atoms with Gasteiger partial charge in [-0.15, -0.1) is 0 Å². The van der Waals surface area contributed by atoms with Gasteiger partial charge in [-0.05, 0) is 42.0 Å². The van der Waals surface area contributed by atoms with Crippen LogP contribution in [0.3, 0.4) is 0 Å². The van der Waals surface area contributed by atoms with Gasteiger partial charge < -0.3 is 4.90 Å². The van der Waals surface area contributed by atoms with Crippen LogP contribution in [0.4, 0.5) is 5.69 Å². The molecule has 5 nitrogen and oxygen atoms in total. The molecule has 0 aliphatic carbocycles. The van der Waals surface area contributed by atoms with Gasteiger partial charge in [0.2, 0.25) is 0 Å². The number of para-hydroxylation sites is 1. The molecule has 0 saturated heterocycles. The van der Waals surface area contributed by atoms with Gasteiger partial charge >= 0.3 is 0 Å². The molecule has 3 N–H and O–H groups in total. The predicted molar refractivity (Wildman–Crippen MR) is 101 cm³/mol. The zero-order chi connectivity index (χ0) is 18.4. The van der Waals surface area contributed by atoms with Crippen LogP contribution < -0.4 is 16.2 Å². The van der Waals surface area contributed by atoms with Gasteiger partial charge in [0.1, 0.15) is 0 Å². The van der Waals surface area contributed by atoms with Crippen LogP contribution in [0.1, 0.15) is 26.3 Å². The van der Waals surface area contributed by atoms with Crippen molar-refractivity contribution in [2.75, 3.05) is 4.90 Å². The number of nitrogens with zero attached hydrogens (tertiary/aromatic N) is 1.